The Morgan fingerprint density at radius 3 is 3.00 bits per heavy atom. The number of halogens is 2. The van der Waals surface area contributed by atoms with Gasteiger partial charge in [0.2, 0.25) is 11.8 Å². The number of piperidine rings is 1. The van der Waals surface area contributed by atoms with Gasteiger partial charge in [0.15, 0.2) is 0 Å². The third-order valence-electron chi connectivity index (χ3n) is 2.70. The molecule has 0 aliphatic carbocycles. The van der Waals surface area contributed by atoms with E-state index in [1.807, 2.05) is 0 Å². The first-order chi connectivity index (χ1) is 8.58. The Balaban J connectivity index is 1.93. The van der Waals surface area contributed by atoms with Crippen LogP contribution in [0.2, 0.25) is 0 Å². The van der Waals surface area contributed by atoms with Crippen molar-refractivity contribution >= 4 is 11.8 Å². The zero-order chi connectivity index (χ0) is 13.1. The van der Waals surface area contributed by atoms with Gasteiger partial charge in [0.25, 0.3) is 0 Å². The Morgan fingerprint density at radius 2 is 2.33 bits per heavy atom. The molecule has 6 nitrogen and oxygen atoms in total. The Bertz CT molecular complexity index is 460. The van der Waals surface area contributed by atoms with Crippen molar-refractivity contribution in [2.45, 2.75) is 32.0 Å². The third-order valence-corrected chi connectivity index (χ3v) is 2.70. The normalized spacial score (nSPS) is 20.3. The minimum Gasteiger partial charge on any atom is -0.299 e. The number of imide groups is 1. The zero-order valence-corrected chi connectivity index (χ0v) is 9.40. The largest absolute Gasteiger partial charge is 0.319 e. The summed E-state index contributed by atoms with van der Waals surface area (Å²) in [6, 6.07) is -0.550. The zero-order valence-electron chi connectivity index (χ0n) is 9.40. The topological polar surface area (TPSA) is 76.0 Å². The van der Waals surface area contributed by atoms with Crippen LogP contribution in [0.15, 0.2) is 12.4 Å². The highest BCUT2D eigenvalue weighted by Gasteiger charge is 2.26. The monoisotopic (exact) mass is 258 g/mol. The van der Waals surface area contributed by atoms with Gasteiger partial charge in [-0.3, -0.25) is 24.8 Å². The van der Waals surface area contributed by atoms with Gasteiger partial charge < -0.3 is 0 Å². The molecule has 0 bridgehead atoms. The van der Waals surface area contributed by atoms with Crippen LogP contribution in [0.25, 0.3) is 0 Å². The van der Waals surface area contributed by atoms with Gasteiger partial charge in [-0.05, 0) is 6.42 Å². The molecule has 8 heteroatoms. The van der Waals surface area contributed by atoms with Crippen LogP contribution in [-0.4, -0.2) is 27.4 Å². The van der Waals surface area contributed by atoms with E-state index in [0.717, 1.165) is 4.57 Å². The number of alkyl halides is 2. The number of aromatic nitrogens is 2. The molecule has 1 aliphatic rings. The number of nitrogens with zero attached hydrogens (tertiary/aromatic N) is 2. The molecule has 2 amide bonds. The van der Waals surface area contributed by atoms with Gasteiger partial charge >= 0.3 is 6.55 Å². The summed E-state index contributed by atoms with van der Waals surface area (Å²) in [5, 5.41) is 4.99. The van der Waals surface area contributed by atoms with E-state index in [1.165, 1.54) is 12.4 Å². The highest BCUT2D eigenvalue weighted by Crippen LogP contribution is 2.12. The van der Waals surface area contributed by atoms with E-state index in [1.54, 1.807) is 0 Å². The number of rotatable bonds is 4. The molecule has 0 aromatic carbocycles. The second kappa shape index (κ2) is 5.21. The van der Waals surface area contributed by atoms with Gasteiger partial charge in [0.05, 0.1) is 12.6 Å². The molecule has 1 atom stereocenters. The molecule has 0 saturated carbocycles. The van der Waals surface area contributed by atoms with Crippen molar-refractivity contribution in [1.29, 1.82) is 0 Å². The first-order valence-corrected chi connectivity index (χ1v) is 5.45. The Hall–Kier alpha value is -1.83. The SMILES string of the molecule is O=C1CCC(NCc2nccn2C(F)F)C(=O)N1. The number of carbonyl (C=O) groups is 2. The molecule has 1 aliphatic heterocycles. The molecule has 2 rings (SSSR count). The summed E-state index contributed by atoms with van der Waals surface area (Å²) >= 11 is 0. The Morgan fingerprint density at radius 1 is 1.56 bits per heavy atom. The summed E-state index contributed by atoms with van der Waals surface area (Å²) < 4.78 is 25.8. The minimum atomic E-state index is -2.66. The highest BCUT2D eigenvalue weighted by molar-refractivity contribution is 6.00. The second-order valence-electron chi connectivity index (χ2n) is 3.91. The van der Waals surface area contributed by atoms with Crippen LogP contribution in [0.5, 0.6) is 0 Å². The van der Waals surface area contributed by atoms with Crippen molar-refractivity contribution in [2.75, 3.05) is 0 Å². The predicted octanol–water partition coefficient (Wildman–Crippen LogP) is 0.173. The molecule has 0 spiro atoms. The van der Waals surface area contributed by atoms with E-state index in [2.05, 4.69) is 15.6 Å². The molecule has 0 radical (unpaired) electrons. The van der Waals surface area contributed by atoms with Crippen molar-refractivity contribution < 1.29 is 18.4 Å². The third kappa shape index (κ3) is 2.70. The summed E-state index contributed by atoms with van der Waals surface area (Å²) in [6.07, 6.45) is 3.05. The van der Waals surface area contributed by atoms with Crippen molar-refractivity contribution in [3.63, 3.8) is 0 Å². The molecular weight excluding hydrogens is 246 g/mol. The fraction of sp³-hybridized carbons (Fsp3) is 0.500. The second-order valence-corrected chi connectivity index (χ2v) is 3.91. The number of amides is 2. The average Bonchev–Trinajstić information content (AvgIpc) is 2.76. The molecule has 1 saturated heterocycles. The smallest absolute Gasteiger partial charge is 0.299 e. The lowest BCUT2D eigenvalue weighted by atomic mass is 10.1. The first-order valence-electron chi connectivity index (χ1n) is 5.45. The first kappa shape index (κ1) is 12.6. The molecule has 1 unspecified atom stereocenters. The molecule has 1 aromatic rings. The lowest BCUT2D eigenvalue weighted by molar-refractivity contribution is -0.134. The predicted molar refractivity (Wildman–Crippen MR) is 56.5 cm³/mol. The van der Waals surface area contributed by atoms with Crippen LogP contribution in [-0.2, 0) is 16.1 Å². The van der Waals surface area contributed by atoms with Gasteiger partial charge in [-0.2, -0.15) is 8.78 Å². The van der Waals surface area contributed by atoms with Crippen LogP contribution in [0.3, 0.4) is 0 Å². The summed E-state index contributed by atoms with van der Waals surface area (Å²) in [7, 11) is 0. The summed E-state index contributed by atoms with van der Waals surface area (Å²) in [5.74, 6) is -0.594. The lowest BCUT2D eigenvalue weighted by Gasteiger charge is -2.21. The molecule has 98 valence electrons. The quantitative estimate of drug-likeness (QED) is 0.755. The Labute approximate surface area is 101 Å². The number of carbonyl (C=O) groups excluding carboxylic acids is 2. The maximum absolute atomic E-state index is 12.5. The van der Waals surface area contributed by atoms with Gasteiger partial charge in [-0.15, -0.1) is 0 Å². The number of nitrogens with one attached hydrogen (secondary N) is 2. The van der Waals surface area contributed by atoms with Gasteiger partial charge in [0, 0.05) is 18.8 Å². The number of hydrogen-bond donors (Lipinski definition) is 2. The minimum absolute atomic E-state index is 0.0453. The molecule has 2 N–H and O–H groups in total. The summed E-state index contributed by atoms with van der Waals surface area (Å²) in [4.78, 5) is 26.1. The van der Waals surface area contributed by atoms with Crippen molar-refractivity contribution in [2.24, 2.45) is 0 Å². The van der Waals surface area contributed by atoms with E-state index >= 15 is 0 Å². The fourth-order valence-corrected chi connectivity index (χ4v) is 1.76. The van der Waals surface area contributed by atoms with Crippen LogP contribution in [0.4, 0.5) is 8.78 Å². The van der Waals surface area contributed by atoms with Crippen LogP contribution >= 0.6 is 0 Å². The van der Waals surface area contributed by atoms with Crippen LogP contribution < -0.4 is 10.6 Å². The summed E-state index contributed by atoms with van der Waals surface area (Å²) in [5.41, 5.74) is 0. The molecule has 1 aromatic heterocycles. The number of imidazole rings is 1. The van der Waals surface area contributed by atoms with Crippen molar-refractivity contribution in [3.05, 3.63) is 18.2 Å². The van der Waals surface area contributed by atoms with Crippen LogP contribution in [0, 0.1) is 0 Å². The Kier molecular flexibility index (Phi) is 3.66. The van der Waals surface area contributed by atoms with Crippen LogP contribution in [0.1, 0.15) is 25.2 Å². The van der Waals surface area contributed by atoms with Crippen molar-refractivity contribution in [1.82, 2.24) is 20.2 Å². The van der Waals surface area contributed by atoms with E-state index in [4.69, 9.17) is 0 Å². The fourth-order valence-electron chi connectivity index (χ4n) is 1.76. The summed E-state index contributed by atoms with van der Waals surface area (Å²) in [6.45, 7) is -2.62. The van der Waals surface area contributed by atoms with E-state index in [0.29, 0.717) is 6.42 Å². The maximum atomic E-state index is 12.5. The maximum Gasteiger partial charge on any atom is 0.319 e. The van der Waals surface area contributed by atoms with E-state index in [9.17, 15) is 18.4 Å². The number of hydrogen-bond acceptors (Lipinski definition) is 4. The molecule has 1 fully saturated rings. The highest BCUT2D eigenvalue weighted by atomic mass is 19.3. The lowest BCUT2D eigenvalue weighted by Crippen LogP contribution is -2.50. The van der Waals surface area contributed by atoms with Gasteiger partial charge in [0.1, 0.15) is 5.82 Å². The molecule has 18 heavy (non-hydrogen) atoms. The van der Waals surface area contributed by atoms with Crippen molar-refractivity contribution in [3.8, 4) is 0 Å². The van der Waals surface area contributed by atoms with E-state index in [-0.39, 0.29) is 24.7 Å². The van der Waals surface area contributed by atoms with Gasteiger partial charge in [-0.1, -0.05) is 0 Å². The molecule has 2 heterocycles. The van der Waals surface area contributed by atoms with E-state index < -0.39 is 18.5 Å². The van der Waals surface area contributed by atoms with Gasteiger partial charge in [-0.25, -0.2) is 4.98 Å². The molecular formula is C10H12F2N4O2. The standard InChI is InChI=1S/C10H12F2N4O2/c11-10(12)16-4-3-13-7(16)5-14-6-1-2-8(17)15-9(6)18/h3-4,6,10,14H,1-2,5H2,(H,15,17,18). The average molecular weight is 258 g/mol.